The standard InChI is InChI=1S/C13H8BrClFNO2/c14-7-1-4-11(10(15)5-7)17-13(19)9-3-2-8(16)6-12(9)18/h1-6,18H,(H,17,19). The number of carbonyl (C=O) groups excluding carboxylic acids is 1. The zero-order chi connectivity index (χ0) is 14.0. The normalized spacial score (nSPS) is 10.3. The van der Waals surface area contributed by atoms with Crippen molar-refractivity contribution < 1.29 is 14.3 Å². The fourth-order valence-corrected chi connectivity index (χ4v) is 2.20. The molecule has 2 rings (SSSR count). The van der Waals surface area contributed by atoms with Gasteiger partial charge >= 0.3 is 0 Å². The van der Waals surface area contributed by atoms with Gasteiger partial charge in [0.05, 0.1) is 16.3 Å². The van der Waals surface area contributed by atoms with Gasteiger partial charge in [0, 0.05) is 10.5 Å². The summed E-state index contributed by atoms with van der Waals surface area (Å²) >= 11 is 9.21. The van der Waals surface area contributed by atoms with Gasteiger partial charge in [-0.3, -0.25) is 4.79 Å². The fraction of sp³-hybridized carbons (Fsp3) is 0. The molecule has 19 heavy (non-hydrogen) atoms. The summed E-state index contributed by atoms with van der Waals surface area (Å²) in [5, 5.41) is 12.4. The first kappa shape index (κ1) is 13.8. The van der Waals surface area contributed by atoms with Gasteiger partial charge in [-0.25, -0.2) is 4.39 Å². The predicted octanol–water partition coefficient (Wildman–Crippen LogP) is 4.20. The van der Waals surface area contributed by atoms with Crippen molar-refractivity contribution in [3.8, 4) is 5.75 Å². The zero-order valence-electron chi connectivity index (χ0n) is 9.45. The van der Waals surface area contributed by atoms with Crippen LogP contribution in [0.1, 0.15) is 10.4 Å². The van der Waals surface area contributed by atoms with Gasteiger partial charge in [-0.15, -0.1) is 0 Å². The summed E-state index contributed by atoms with van der Waals surface area (Å²) in [6.07, 6.45) is 0. The molecule has 0 aliphatic heterocycles. The molecule has 2 aromatic rings. The zero-order valence-corrected chi connectivity index (χ0v) is 11.8. The number of aromatic hydroxyl groups is 1. The Kier molecular flexibility index (Phi) is 4.07. The molecule has 0 atom stereocenters. The molecule has 0 aliphatic carbocycles. The van der Waals surface area contributed by atoms with E-state index in [1.165, 1.54) is 6.07 Å². The van der Waals surface area contributed by atoms with E-state index in [2.05, 4.69) is 21.2 Å². The average Bonchev–Trinajstić information content (AvgIpc) is 2.32. The van der Waals surface area contributed by atoms with Crippen molar-refractivity contribution in [2.24, 2.45) is 0 Å². The maximum atomic E-state index is 12.8. The van der Waals surface area contributed by atoms with Crippen molar-refractivity contribution >= 4 is 39.1 Å². The largest absolute Gasteiger partial charge is 0.507 e. The molecule has 0 spiro atoms. The van der Waals surface area contributed by atoms with Gasteiger partial charge in [-0.2, -0.15) is 0 Å². The lowest BCUT2D eigenvalue weighted by atomic mass is 10.2. The Hall–Kier alpha value is -1.59. The van der Waals surface area contributed by atoms with E-state index in [0.29, 0.717) is 10.7 Å². The van der Waals surface area contributed by atoms with E-state index in [-0.39, 0.29) is 5.56 Å². The molecular formula is C13H8BrClFNO2. The number of carbonyl (C=O) groups is 1. The molecule has 0 fully saturated rings. The van der Waals surface area contributed by atoms with Crippen molar-refractivity contribution in [2.45, 2.75) is 0 Å². The van der Waals surface area contributed by atoms with Crippen LogP contribution in [0.25, 0.3) is 0 Å². The lowest BCUT2D eigenvalue weighted by Crippen LogP contribution is -2.12. The van der Waals surface area contributed by atoms with E-state index in [1.807, 2.05) is 0 Å². The van der Waals surface area contributed by atoms with E-state index in [4.69, 9.17) is 11.6 Å². The summed E-state index contributed by atoms with van der Waals surface area (Å²) in [5.41, 5.74) is 0.374. The minimum absolute atomic E-state index is 0.0274. The third-order valence-corrected chi connectivity index (χ3v) is 3.19. The van der Waals surface area contributed by atoms with Crippen LogP contribution in [0.4, 0.5) is 10.1 Å². The van der Waals surface area contributed by atoms with Crippen LogP contribution >= 0.6 is 27.5 Å². The number of rotatable bonds is 2. The quantitative estimate of drug-likeness (QED) is 0.858. The molecule has 0 aliphatic rings. The summed E-state index contributed by atoms with van der Waals surface area (Å²) in [7, 11) is 0. The van der Waals surface area contributed by atoms with Crippen LogP contribution in [0, 0.1) is 5.82 Å². The maximum absolute atomic E-state index is 12.8. The summed E-state index contributed by atoms with van der Waals surface area (Å²) in [5.74, 6) is -1.61. The van der Waals surface area contributed by atoms with Gasteiger partial charge in [0.2, 0.25) is 0 Å². The molecule has 6 heteroatoms. The summed E-state index contributed by atoms with van der Waals surface area (Å²) < 4.78 is 13.6. The highest BCUT2D eigenvalue weighted by Crippen LogP contribution is 2.27. The second-order valence-corrected chi connectivity index (χ2v) is 5.06. The molecule has 0 radical (unpaired) electrons. The van der Waals surface area contributed by atoms with Crippen LogP contribution in [-0.2, 0) is 0 Å². The first-order valence-electron chi connectivity index (χ1n) is 5.22. The molecule has 3 nitrogen and oxygen atoms in total. The first-order chi connectivity index (χ1) is 8.97. The molecular weight excluding hydrogens is 337 g/mol. The van der Waals surface area contributed by atoms with Gasteiger partial charge in [-0.05, 0) is 30.3 Å². The van der Waals surface area contributed by atoms with Crippen molar-refractivity contribution in [3.05, 3.63) is 57.3 Å². The smallest absolute Gasteiger partial charge is 0.259 e. The van der Waals surface area contributed by atoms with Crippen molar-refractivity contribution in [2.75, 3.05) is 5.32 Å². The lowest BCUT2D eigenvalue weighted by Gasteiger charge is -2.08. The van der Waals surface area contributed by atoms with Gasteiger partial charge in [-0.1, -0.05) is 27.5 Å². The Balaban J connectivity index is 2.25. The SMILES string of the molecule is O=C(Nc1ccc(Br)cc1Cl)c1ccc(F)cc1O. The van der Waals surface area contributed by atoms with Gasteiger partial charge in [0.25, 0.3) is 5.91 Å². The molecule has 1 amide bonds. The van der Waals surface area contributed by atoms with Gasteiger partial charge in [0.1, 0.15) is 11.6 Å². The Bertz CT molecular complexity index is 649. The second-order valence-electron chi connectivity index (χ2n) is 3.74. The van der Waals surface area contributed by atoms with Crippen LogP contribution in [0.3, 0.4) is 0 Å². The molecule has 0 unspecified atom stereocenters. The minimum atomic E-state index is -0.615. The van der Waals surface area contributed by atoms with Crippen LogP contribution in [-0.4, -0.2) is 11.0 Å². The molecule has 0 aromatic heterocycles. The number of benzene rings is 2. The predicted molar refractivity (Wildman–Crippen MR) is 75.2 cm³/mol. The fourth-order valence-electron chi connectivity index (χ4n) is 1.48. The topological polar surface area (TPSA) is 49.3 Å². The average molecular weight is 345 g/mol. The number of hydrogen-bond donors (Lipinski definition) is 2. The molecule has 2 N–H and O–H groups in total. The Morgan fingerprint density at radius 1 is 1.26 bits per heavy atom. The van der Waals surface area contributed by atoms with Crippen molar-refractivity contribution in [1.29, 1.82) is 0 Å². The monoisotopic (exact) mass is 343 g/mol. The number of halogens is 3. The molecule has 0 bridgehead atoms. The van der Waals surface area contributed by atoms with E-state index in [0.717, 1.165) is 16.6 Å². The Morgan fingerprint density at radius 3 is 2.63 bits per heavy atom. The van der Waals surface area contributed by atoms with Crippen molar-refractivity contribution in [3.63, 3.8) is 0 Å². The molecule has 0 saturated heterocycles. The number of nitrogens with one attached hydrogen (secondary N) is 1. The Labute approximate surface area is 122 Å². The molecule has 0 heterocycles. The maximum Gasteiger partial charge on any atom is 0.259 e. The second kappa shape index (κ2) is 5.59. The number of phenolic OH excluding ortho intramolecular Hbond substituents is 1. The third-order valence-electron chi connectivity index (χ3n) is 2.38. The Morgan fingerprint density at radius 2 is 2.00 bits per heavy atom. The highest BCUT2D eigenvalue weighted by molar-refractivity contribution is 9.10. The molecule has 2 aromatic carbocycles. The van der Waals surface area contributed by atoms with E-state index in [1.54, 1.807) is 18.2 Å². The third kappa shape index (κ3) is 3.24. The van der Waals surface area contributed by atoms with Crippen LogP contribution in [0.5, 0.6) is 5.75 Å². The van der Waals surface area contributed by atoms with Gasteiger partial charge in [0.15, 0.2) is 0 Å². The number of hydrogen-bond acceptors (Lipinski definition) is 2. The number of amides is 1. The van der Waals surface area contributed by atoms with Crippen LogP contribution < -0.4 is 5.32 Å². The highest BCUT2D eigenvalue weighted by atomic mass is 79.9. The summed E-state index contributed by atoms with van der Waals surface area (Å²) in [4.78, 5) is 11.9. The minimum Gasteiger partial charge on any atom is -0.507 e. The van der Waals surface area contributed by atoms with E-state index in [9.17, 15) is 14.3 Å². The number of anilines is 1. The first-order valence-corrected chi connectivity index (χ1v) is 6.39. The van der Waals surface area contributed by atoms with E-state index >= 15 is 0 Å². The van der Waals surface area contributed by atoms with Crippen LogP contribution in [0.15, 0.2) is 40.9 Å². The van der Waals surface area contributed by atoms with E-state index < -0.39 is 17.5 Å². The van der Waals surface area contributed by atoms with Crippen LogP contribution in [0.2, 0.25) is 5.02 Å². The highest BCUT2D eigenvalue weighted by Gasteiger charge is 2.13. The summed E-state index contributed by atoms with van der Waals surface area (Å²) in [6.45, 7) is 0. The summed E-state index contributed by atoms with van der Waals surface area (Å²) in [6, 6.07) is 8.13. The lowest BCUT2D eigenvalue weighted by molar-refractivity contribution is 0.102. The molecule has 0 saturated carbocycles. The molecule has 98 valence electrons. The number of phenols is 1. The van der Waals surface area contributed by atoms with Gasteiger partial charge < -0.3 is 10.4 Å². The van der Waals surface area contributed by atoms with Crippen molar-refractivity contribution in [1.82, 2.24) is 0 Å².